The van der Waals surface area contributed by atoms with Gasteiger partial charge in [0.25, 0.3) is 7.82 Å². The van der Waals surface area contributed by atoms with Crippen LogP contribution in [0.3, 0.4) is 0 Å². The minimum Gasteiger partial charge on any atom is -0.756 e. The lowest BCUT2D eigenvalue weighted by Gasteiger charge is -2.30. The van der Waals surface area contributed by atoms with Crippen molar-refractivity contribution in [3.63, 3.8) is 0 Å². The Morgan fingerprint density at radius 2 is 1.26 bits per heavy atom. The van der Waals surface area contributed by atoms with Crippen molar-refractivity contribution in [2.24, 2.45) is 0 Å². The third kappa shape index (κ3) is 23.6. The van der Waals surface area contributed by atoms with Crippen LogP contribution in [-0.4, -0.2) is 64.7 Å². The number of likely N-dealkylation sites (N-methyl/N-ethyl adjacent to an activating group) is 1. The van der Waals surface area contributed by atoms with Crippen LogP contribution < -0.4 is 4.89 Å². The molecule has 0 radical (unpaired) electrons. The number of benzene rings is 1. The monoisotopic (exact) mass is 571 g/mol. The van der Waals surface area contributed by atoms with Gasteiger partial charge in [-0.1, -0.05) is 121 Å². The Kier molecular flexibility index (Phi) is 21.2. The summed E-state index contributed by atoms with van der Waals surface area (Å²) in [7, 11) is 1.47. The molecule has 1 aromatic carbocycles. The van der Waals surface area contributed by atoms with Gasteiger partial charge in [0, 0.05) is 6.61 Å². The van der Waals surface area contributed by atoms with Crippen LogP contribution in [0, 0.1) is 0 Å². The van der Waals surface area contributed by atoms with E-state index >= 15 is 0 Å². The van der Waals surface area contributed by atoms with Gasteiger partial charge in [0.1, 0.15) is 19.3 Å². The molecule has 0 bridgehead atoms. The molecule has 1 aromatic rings. The van der Waals surface area contributed by atoms with Crippen molar-refractivity contribution < 1.29 is 32.5 Å². The quantitative estimate of drug-likeness (QED) is 0.0628. The van der Waals surface area contributed by atoms with Gasteiger partial charge in [0.05, 0.1) is 41.0 Å². The molecule has 0 fully saturated rings. The Bertz CT molecular complexity index is 728. The number of quaternary nitrogens is 1. The summed E-state index contributed by atoms with van der Waals surface area (Å²) < 4.78 is 34.9. The average Bonchev–Trinajstić information content (AvgIpc) is 2.87. The Hall–Kier alpha value is -0.790. The van der Waals surface area contributed by atoms with E-state index in [2.05, 4.69) is 6.92 Å². The lowest BCUT2D eigenvalue weighted by Crippen LogP contribution is -2.38. The van der Waals surface area contributed by atoms with Crippen molar-refractivity contribution in [2.75, 3.05) is 54.1 Å². The molecule has 1 rings (SSSR count). The summed E-state index contributed by atoms with van der Waals surface area (Å²) in [4.78, 5) is 12.4. The summed E-state index contributed by atoms with van der Waals surface area (Å²) in [6.45, 7) is 4.12. The van der Waals surface area contributed by atoms with Crippen LogP contribution in [0.5, 0.6) is 0 Å². The highest BCUT2D eigenvalue weighted by molar-refractivity contribution is 7.45. The van der Waals surface area contributed by atoms with Crippen LogP contribution in [0.25, 0.3) is 0 Å². The van der Waals surface area contributed by atoms with Crippen LogP contribution in [0.15, 0.2) is 30.3 Å². The highest BCUT2D eigenvalue weighted by Gasteiger charge is 2.20. The molecule has 0 aliphatic carbocycles. The van der Waals surface area contributed by atoms with Crippen molar-refractivity contribution in [2.45, 2.75) is 110 Å². The molecule has 7 nitrogen and oxygen atoms in total. The number of ether oxygens (including phenoxy) is 2. The fourth-order valence-corrected chi connectivity index (χ4v) is 5.10. The Morgan fingerprint density at radius 3 is 1.79 bits per heavy atom. The number of nitrogens with zero attached hydrogens (tertiary/aromatic N) is 1. The topological polar surface area (TPSA) is 77.1 Å². The second-order valence-electron chi connectivity index (χ2n) is 11.7. The van der Waals surface area contributed by atoms with Gasteiger partial charge in [0.2, 0.25) is 0 Å². The predicted octanol–water partition coefficient (Wildman–Crippen LogP) is 7.28. The molecule has 2 atom stereocenters. The summed E-state index contributed by atoms with van der Waals surface area (Å²) in [5.74, 6) is 0. The number of rotatable bonds is 27. The van der Waals surface area contributed by atoms with E-state index in [1.54, 1.807) is 0 Å². The van der Waals surface area contributed by atoms with Gasteiger partial charge < -0.3 is 27.9 Å². The lowest BCUT2D eigenvalue weighted by atomic mass is 10.0. The first-order valence-electron chi connectivity index (χ1n) is 15.4. The molecule has 0 amide bonds. The molecule has 228 valence electrons. The molecular weight excluding hydrogens is 513 g/mol. The Morgan fingerprint density at radius 1 is 0.744 bits per heavy atom. The molecule has 8 heteroatoms. The summed E-state index contributed by atoms with van der Waals surface area (Å²) in [6.07, 6.45) is 17.6. The van der Waals surface area contributed by atoms with Gasteiger partial charge in [-0.15, -0.1) is 0 Å². The molecule has 0 heterocycles. The molecule has 0 aromatic heterocycles. The lowest BCUT2D eigenvalue weighted by molar-refractivity contribution is -0.870. The van der Waals surface area contributed by atoms with E-state index < -0.39 is 13.9 Å². The SMILES string of the molecule is CCCCCCCCCCCCCCCCOC[C@@H](COCc1ccccc1)OP(=O)([O-])OCC[N+](C)(C)C. The zero-order valence-corrected chi connectivity index (χ0v) is 26.3. The normalized spacial score (nSPS) is 14.4. The summed E-state index contributed by atoms with van der Waals surface area (Å²) in [6, 6.07) is 9.77. The van der Waals surface area contributed by atoms with Crippen LogP contribution >= 0.6 is 7.82 Å². The van der Waals surface area contributed by atoms with Gasteiger partial charge in [-0.05, 0) is 12.0 Å². The van der Waals surface area contributed by atoms with Crippen LogP contribution in [-0.2, 0) is 29.7 Å². The largest absolute Gasteiger partial charge is 0.756 e. The number of phosphoric ester groups is 1. The first kappa shape index (κ1) is 36.2. The van der Waals surface area contributed by atoms with Gasteiger partial charge in [-0.3, -0.25) is 4.57 Å². The van der Waals surface area contributed by atoms with Gasteiger partial charge in [0.15, 0.2) is 0 Å². The van der Waals surface area contributed by atoms with Crippen LogP contribution in [0.2, 0.25) is 0 Å². The fraction of sp³-hybridized carbons (Fsp3) is 0.806. The molecule has 0 N–H and O–H groups in total. The maximum absolute atomic E-state index is 12.4. The van der Waals surface area contributed by atoms with Gasteiger partial charge in [-0.25, -0.2) is 0 Å². The Labute approximate surface area is 239 Å². The maximum Gasteiger partial charge on any atom is 0.268 e. The number of hydrogen-bond donors (Lipinski definition) is 0. The second kappa shape index (κ2) is 22.8. The van der Waals surface area contributed by atoms with E-state index in [4.69, 9.17) is 18.5 Å². The molecule has 39 heavy (non-hydrogen) atoms. The number of hydrogen-bond acceptors (Lipinski definition) is 6. The molecule has 0 aliphatic rings. The minimum atomic E-state index is -4.46. The van der Waals surface area contributed by atoms with E-state index in [1.807, 2.05) is 51.5 Å². The summed E-state index contributed by atoms with van der Waals surface area (Å²) >= 11 is 0. The average molecular weight is 572 g/mol. The molecule has 0 spiro atoms. The maximum atomic E-state index is 12.4. The Balaban J connectivity index is 2.20. The second-order valence-corrected chi connectivity index (χ2v) is 13.1. The van der Waals surface area contributed by atoms with Gasteiger partial charge in [-0.2, -0.15) is 0 Å². The molecular formula is C31H58NO6P. The molecule has 0 saturated heterocycles. The van der Waals surface area contributed by atoms with E-state index in [1.165, 1.54) is 77.0 Å². The van der Waals surface area contributed by atoms with Gasteiger partial charge >= 0.3 is 0 Å². The fourth-order valence-electron chi connectivity index (χ4n) is 4.24. The van der Waals surface area contributed by atoms with E-state index in [0.717, 1.165) is 18.4 Å². The first-order valence-corrected chi connectivity index (χ1v) is 16.8. The smallest absolute Gasteiger partial charge is 0.268 e. The molecule has 0 saturated carbocycles. The predicted molar refractivity (Wildman–Crippen MR) is 159 cm³/mol. The zero-order chi connectivity index (χ0) is 28.7. The van der Waals surface area contributed by atoms with E-state index in [9.17, 15) is 9.46 Å². The van der Waals surface area contributed by atoms with Crippen molar-refractivity contribution in [1.29, 1.82) is 0 Å². The van der Waals surface area contributed by atoms with Crippen molar-refractivity contribution in [3.8, 4) is 0 Å². The molecule has 0 aliphatic heterocycles. The van der Waals surface area contributed by atoms with Crippen molar-refractivity contribution >= 4 is 7.82 Å². The number of unbranched alkanes of at least 4 members (excludes halogenated alkanes) is 13. The highest BCUT2D eigenvalue weighted by Crippen LogP contribution is 2.40. The third-order valence-corrected chi connectivity index (χ3v) is 7.71. The highest BCUT2D eigenvalue weighted by atomic mass is 31.2. The zero-order valence-electron chi connectivity index (χ0n) is 25.5. The third-order valence-electron chi connectivity index (χ3n) is 6.65. The minimum absolute atomic E-state index is 0.0712. The van der Waals surface area contributed by atoms with Crippen LogP contribution in [0.1, 0.15) is 102 Å². The van der Waals surface area contributed by atoms with E-state index in [-0.39, 0.29) is 19.8 Å². The van der Waals surface area contributed by atoms with Crippen molar-refractivity contribution in [1.82, 2.24) is 0 Å². The summed E-state index contributed by atoms with van der Waals surface area (Å²) in [5, 5.41) is 0. The van der Waals surface area contributed by atoms with Crippen LogP contribution in [0.4, 0.5) is 0 Å². The summed E-state index contributed by atoms with van der Waals surface area (Å²) in [5.41, 5.74) is 1.02. The van der Waals surface area contributed by atoms with Crippen molar-refractivity contribution in [3.05, 3.63) is 35.9 Å². The standard InChI is InChI=1S/C31H58NO6P/c1-5-6-7-8-9-10-11-12-13-14-15-16-17-21-25-35-28-31(29-36-27-30-22-19-18-20-23-30)38-39(33,34)37-26-24-32(2,3)4/h18-20,22-23,31H,5-17,21,24-29H2,1-4H3/t31-/m0/s1. The molecule has 1 unspecified atom stereocenters. The number of phosphoric acid groups is 1. The first-order chi connectivity index (χ1) is 18.7. The van der Waals surface area contributed by atoms with E-state index in [0.29, 0.717) is 24.2 Å².